The first-order chi connectivity index (χ1) is 16.2. The van der Waals surface area contributed by atoms with Crippen LogP contribution in [0.1, 0.15) is 31.0 Å². The molecule has 9 heteroatoms. The molecule has 0 radical (unpaired) electrons. The highest BCUT2D eigenvalue weighted by Crippen LogP contribution is 2.30. The zero-order chi connectivity index (χ0) is 24.3. The number of pyridine rings is 1. The molecule has 0 atom stereocenters. The van der Waals surface area contributed by atoms with E-state index in [2.05, 4.69) is 19.5 Å². The zero-order valence-corrected chi connectivity index (χ0v) is 20.0. The maximum absolute atomic E-state index is 13.5. The highest BCUT2D eigenvalue weighted by molar-refractivity contribution is 7.89. The number of nitrogens with one attached hydrogen (secondary N) is 1. The third kappa shape index (κ3) is 5.60. The Kier molecular flexibility index (Phi) is 7.25. The van der Waals surface area contributed by atoms with E-state index in [4.69, 9.17) is 0 Å². The second kappa shape index (κ2) is 10.2. The minimum Gasteiger partial charge on any atom is -0.354 e. The van der Waals surface area contributed by atoms with Crippen LogP contribution in [0, 0.1) is 11.6 Å². The molecule has 1 saturated heterocycles. The molecule has 0 spiro atoms. The van der Waals surface area contributed by atoms with Crippen LogP contribution in [-0.4, -0.2) is 50.5 Å². The highest BCUT2D eigenvalue weighted by Gasteiger charge is 2.27. The zero-order valence-electron chi connectivity index (χ0n) is 19.2. The van der Waals surface area contributed by atoms with E-state index in [1.165, 1.54) is 30.5 Å². The Labute approximate surface area is 199 Å². The standard InChI is InChI=1S/C25H28F2N4O2S/c1-18(2)29-34(32,33)23-11-12-24(28-17-23)30-13-15-31(16-14-30)25(19-3-7-21(26)8-4-19)20-5-9-22(27)10-6-20/h3-12,17-18,25,29H,13-16H2,1-2H3. The van der Waals surface area contributed by atoms with Gasteiger partial charge in [-0.1, -0.05) is 24.3 Å². The molecule has 3 aromatic rings. The van der Waals surface area contributed by atoms with Gasteiger partial charge in [0.15, 0.2) is 0 Å². The molecule has 4 rings (SSSR count). The third-order valence-corrected chi connectivity index (χ3v) is 7.44. The fraction of sp³-hybridized carbons (Fsp3) is 0.320. The first kappa shape index (κ1) is 24.3. The van der Waals surface area contributed by atoms with Gasteiger partial charge in [0, 0.05) is 38.4 Å². The quantitative estimate of drug-likeness (QED) is 0.548. The highest BCUT2D eigenvalue weighted by atomic mass is 32.2. The molecule has 1 aliphatic rings. The van der Waals surface area contributed by atoms with Crippen LogP contribution in [-0.2, 0) is 10.0 Å². The Morgan fingerprint density at radius 1 is 0.824 bits per heavy atom. The monoisotopic (exact) mass is 486 g/mol. The second-order valence-corrected chi connectivity index (χ2v) is 10.4. The smallest absolute Gasteiger partial charge is 0.242 e. The van der Waals surface area contributed by atoms with Gasteiger partial charge in [-0.15, -0.1) is 0 Å². The lowest BCUT2D eigenvalue weighted by Gasteiger charge is -2.40. The van der Waals surface area contributed by atoms with Crippen molar-refractivity contribution in [2.75, 3.05) is 31.1 Å². The molecule has 1 aromatic heterocycles. The summed E-state index contributed by atoms with van der Waals surface area (Å²) in [6, 6.07) is 15.8. The van der Waals surface area contributed by atoms with Crippen LogP contribution in [0.15, 0.2) is 71.8 Å². The number of benzene rings is 2. The van der Waals surface area contributed by atoms with Crippen molar-refractivity contribution in [1.29, 1.82) is 0 Å². The average Bonchev–Trinajstić information content (AvgIpc) is 2.81. The van der Waals surface area contributed by atoms with E-state index in [0.717, 1.165) is 11.1 Å². The third-order valence-electron chi connectivity index (χ3n) is 5.80. The van der Waals surface area contributed by atoms with E-state index in [-0.39, 0.29) is 28.6 Å². The Hall–Kier alpha value is -2.88. The summed E-state index contributed by atoms with van der Waals surface area (Å²) in [4.78, 5) is 8.91. The van der Waals surface area contributed by atoms with Gasteiger partial charge in [-0.2, -0.15) is 0 Å². The number of hydrogen-bond donors (Lipinski definition) is 1. The molecular weight excluding hydrogens is 458 g/mol. The van der Waals surface area contributed by atoms with Crippen molar-refractivity contribution in [1.82, 2.24) is 14.6 Å². The van der Waals surface area contributed by atoms with Gasteiger partial charge in [0.2, 0.25) is 10.0 Å². The SMILES string of the molecule is CC(C)NS(=O)(=O)c1ccc(N2CCN(C(c3ccc(F)cc3)c3ccc(F)cc3)CC2)nc1. The van der Waals surface area contributed by atoms with Gasteiger partial charge in [-0.25, -0.2) is 26.9 Å². The minimum atomic E-state index is -3.59. The molecule has 0 aliphatic carbocycles. The lowest BCUT2D eigenvalue weighted by atomic mass is 9.96. The van der Waals surface area contributed by atoms with Crippen LogP contribution < -0.4 is 9.62 Å². The molecule has 0 unspecified atom stereocenters. The summed E-state index contributed by atoms with van der Waals surface area (Å²) in [5.41, 5.74) is 1.87. The maximum Gasteiger partial charge on any atom is 0.242 e. The lowest BCUT2D eigenvalue weighted by molar-refractivity contribution is 0.212. The van der Waals surface area contributed by atoms with Crippen LogP contribution >= 0.6 is 0 Å². The van der Waals surface area contributed by atoms with E-state index < -0.39 is 10.0 Å². The van der Waals surface area contributed by atoms with E-state index in [0.29, 0.717) is 32.0 Å². The summed E-state index contributed by atoms with van der Waals surface area (Å²) in [7, 11) is -3.59. The Bertz CT molecular complexity index is 1150. The van der Waals surface area contributed by atoms with Crippen molar-refractivity contribution in [2.45, 2.75) is 30.8 Å². The first-order valence-corrected chi connectivity index (χ1v) is 12.7. The van der Waals surface area contributed by atoms with E-state index in [9.17, 15) is 17.2 Å². The molecule has 180 valence electrons. The Balaban J connectivity index is 1.49. The van der Waals surface area contributed by atoms with Crippen molar-refractivity contribution in [3.05, 3.63) is 89.6 Å². The summed E-state index contributed by atoms with van der Waals surface area (Å²) in [6.07, 6.45) is 1.38. The first-order valence-electron chi connectivity index (χ1n) is 11.2. The predicted octanol–water partition coefficient (Wildman–Crippen LogP) is 3.96. The summed E-state index contributed by atoms with van der Waals surface area (Å²) in [5.74, 6) is 0.112. The van der Waals surface area contributed by atoms with E-state index in [1.54, 1.807) is 50.2 Å². The number of piperazine rings is 1. The number of sulfonamides is 1. The van der Waals surface area contributed by atoms with Crippen molar-refractivity contribution >= 4 is 15.8 Å². The van der Waals surface area contributed by atoms with E-state index in [1.807, 2.05) is 0 Å². The molecule has 2 aromatic carbocycles. The van der Waals surface area contributed by atoms with Crippen molar-refractivity contribution in [3.8, 4) is 0 Å². The molecule has 0 bridgehead atoms. The molecule has 6 nitrogen and oxygen atoms in total. The number of hydrogen-bond acceptors (Lipinski definition) is 5. The van der Waals surface area contributed by atoms with Crippen LogP contribution in [0.2, 0.25) is 0 Å². The summed E-state index contributed by atoms with van der Waals surface area (Å²) < 4.78 is 54.3. The molecule has 1 N–H and O–H groups in total. The fourth-order valence-corrected chi connectivity index (χ4v) is 5.41. The van der Waals surface area contributed by atoms with Crippen LogP contribution in [0.5, 0.6) is 0 Å². The lowest BCUT2D eigenvalue weighted by Crippen LogP contribution is -2.48. The molecule has 2 heterocycles. The van der Waals surface area contributed by atoms with Gasteiger partial charge in [0.05, 0.1) is 6.04 Å². The van der Waals surface area contributed by atoms with Crippen LogP contribution in [0.25, 0.3) is 0 Å². The topological polar surface area (TPSA) is 65.5 Å². The molecule has 0 saturated carbocycles. The number of nitrogens with zero attached hydrogens (tertiary/aromatic N) is 3. The normalized spacial score (nSPS) is 15.3. The van der Waals surface area contributed by atoms with Crippen LogP contribution in [0.3, 0.4) is 0 Å². The van der Waals surface area contributed by atoms with Gasteiger partial charge >= 0.3 is 0 Å². The summed E-state index contributed by atoms with van der Waals surface area (Å²) >= 11 is 0. The summed E-state index contributed by atoms with van der Waals surface area (Å²) in [5, 5.41) is 0. The number of rotatable bonds is 7. The second-order valence-electron chi connectivity index (χ2n) is 8.66. The van der Waals surface area contributed by atoms with Gasteiger partial charge < -0.3 is 4.90 Å². The molecule has 0 amide bonds. The predicted molar refractivity (Wildman–Crippen MR) is 128 cm³/mol. The van der Waals surface area contributed by atoms with Gasteiger partial charge in [0.25, 0.3) is 0 Å². The van der Waals surface area contributed by atoms with Crippen molar-refractivity contribution in [2.24, 2.45) is 0 Å². The number of aromatic nitrogens is 1. The molecule has 1 fully saturated rings. The number of halogens is 2. The molecule has 34 heavy (non-hydrogen) atoms. The Morgan fingerprint density at radius 3 is 1.79 bits per heavy atom. The molecular formula is C25H28F2N4O2S. The fourth-order valence-electron chi connectivity index (χ4n) is 4.21. The van der Waals surface area contributed by atoms with Gasteiger partial charge in [-0.3, -0.25) is 4.90 Å². The van der Waals surface area contributed by atoms with Crippen molar-refractivity contribution < 1.29 is 17.2 Å². The van der Waals surface area contributed by atoms with Crippen molar-refractivity contribution in [3.63, 3.8) is 0 Å². The number of anilines is 1. The maximum atomic E-state index is 13.5. The van der Waals surface area contributed by atoms with Crippen LogP contribution in [0.4, 0.5) is 14.6 Å². The molecule has 1 aliphatic heterocycles. The largest absolute Gasteiger partial charge is 0.354 e. The van der Waals surface area contributed by atoms with Gasteiger partial charge in [-0.05, 0) is 61.4 Å². The summed E-state index contributed by atoms with van der Waals surface area (Å²) in [6.45, 7) is 6.31. The minimum absolute atomic E-state index is 0.133. The van der Waals surface area contributed by atoms with E-state index >= 15 is 0 Å². The van der Waals surface area contributed by atoms with Gasteiger partial charge in [0.1, 0.15) is 22.3 Å². The Morgan fingerprint density at radius 2 is 1.35 bits per heavy atom. The average molecular weight is 487 g/mol.